The Hall–Kier alpha value is -5.35. The maximum absolute atomic E-state index is 12.7. The molecule has 57 heavy (non-hydrogen) atoms. The Balaban J connectivity index is 0.000000253. The van der Waals surface area contributed by atoms with Crippen molar-refractivity contribution in [2.24, 2.45) is 29.7 Å². The Morgan fingerprint density at radius 1 is 0.912 bits per heavy atom. The Kier molecular flexibility index (Phi) is 13.9. The molecular weight excluding hydrogens is 759 g/mol. The lowest BCUT2D eigenvalue weighted by Gasteiger charge is -2.21. The van der Waals surface area contributed by atoms with E-state index < -0.39 is 23.5 Å². The molecule has 0 amide bonds. The van der Waals surface area contributed by atoms with Gasteiger partial charge in [-0.15, -0.1) is 0 Å². The highest BCUT2D eigenvalue weighted by Crippen LogP contribution is 2.60. The number of rotatable bonds is 9. The van der Waals surface area contributed by atoms with Crippen molar-refractivity contribution in [2.75, 3.05) is 0 Å². The van der Waals surface area contributed by atoms with E-state index in [2.05, 4.69) is 31.9 Å². The molecule has 1 aliphatic rings. The Labute approximate surface area is 346 Å². The number of aryl methyl sites for hydroxylation is 2. The number of allylic oxidation sites excluding steroid dienone is 2. The van der Waals surface area contributed by atoms with Crippen molar-refractivity contribution in [3.05, 3.63) is 123 Å². The Morgan fingerprint density at radius 2 is 1.53 bits per heavy atom. The zero-order valence-electron chi connectivity index (χ0n) is 34.4. The van der Waals surface area contributed by atoms with Crippen LogP contribution in [0.5, 0.6) is 11.5 Å². The second-order valence-corrected chi connectivity index (χ2v) is 17.7. The van der Waals surface area contributed by atoms with Gasteiger partial charge < -0.3 is 14.2 Å². The molecule has 3 atom stereocenters. The molecular formula is C46H50Cl2N4O5. The summed E-state index contributed by atoms with van der Waals surface area (Å²) < 4.78 is 18.9. The van der Waals surface area contributed by atoms with Crippen molar-refractivity contribution in [1.29, 1.82) is 10.5 Å². The second-order valence-electron chi connectivity index (χ2n) is 16.7. The number of hydrogen-bond donors (Lipinski definition) is 0. The molecule has 9 nitrogen and oxygen atoms in total. The summed E-state index contributed by atoms with van der Waals surface area (Å²) in [5.74, 6) is 0.138. The normalized spacial score (nSPS) is 16.6. The third kappa shape index (κ3) is 10.9. The molecule has 1 saturated carbocycles. The number of esters is 2. The van der Waals surface area contributed by atoms with Gasteiger partial charge in [0.15, 0.2) is 5.76 Å². The summed E-state index contributed by atoms with van der Waals surface area (Å²) in [6.45, 7) is 19.5. The van der Waals surface area contributed by atoms with Gasteiger partial charge in [-0.2, -0.15) is 15.6 Å². The van der Waals surface area contributed by atoms with Gasteiger partial charge in [-0.3, -0.25) is 14.3 Å². The van der Waals surface area contributed by atoms with E-state index in [0.717, 1.165) is 11.3 Å². The lowest BCUT2D eigenvalue weighted by Crippen LogP contribution is -2.23. The molecule has 0 aliphatic heterocycles. The maximum atomic E-state index is 12.7. The fourth-order valence-electron chi connectivity index (χ4n) is 6.23. The molecule has 0 bridgehead atoms. The molecule has 1 heterocycles. The summed E-state index contributed by atoms with van der Waals surface area (Å²) in [5.41, 5.74) is 4.06. The molecule has 1 fully saturated rings. The van der Waals surface area contributed by atoms with Gasteiger partial charge in [-0.05, 0) is 92.8 Å². The zero-order chi connectivity index (χ0) is 42.5. The molecule has 1 aromatic heterocycles. The van der Waals surface area contributed by atoms with Crippen LogP contribution in [0, 0.1) is 59.2 Å². The summed E-state index contributed by atoms with van der Waals surface area (Å²) >= 11 is 11.5. The maximum Gasteiger partial charge on any atom is 0.316 e. The third-order valence-electron chi connectivity index (χ3n) is 9.88. The van der Waals surface area contributed by atoms with E-state index >= 15 is 0 Å². The van der Waals surface area contributed by atoms with Crippen LogP contribution >= 0.6 is 23.2 Å². The average Bonchev–Trinajstić information content (AvgIpc) is 3.57. The van der Waals surface area contributed by atoms with Crippen molar-refractivity contribution in [3.63, 3.8) is 0 Å². The molecule has 11 heteroatoms. The Bertz CT molecular complexity index is 2240. The molecule has 1 aliphatic carbocycles. The van der Waals surface area contributed by atoms with Gasteiger partial charge in [0.05, 0.1) is 17.0 Å². The number of carbonyl (C=O) groups is 2. The van der Waals surface area contributed by atoms with E-state index in [4.69, 9.17) is 37.4 Å². The van der Waals surface area contributed by atoms with Crippen LogP contribution in [0.15, 0.2) is 89.4 Å². The molecule has 0 N–H and O–H groups in total. The highest BCUT2D eigenvalue weighted by atomic mass is 35.5. The van der Waals surface area contributed by atoms with Gasteiger partial charge in [0.1, 0.15) is 39.4 Å². The molecule has 0 spiro atoms. The highest BCUT2D eigenvalue weighted by Gasteiger charge is 2.62. The van der Waals surface area contributed by atoms with Crippen LogP contribution in [-0.4, -0.2) is 21.7 Å². The summed E-state index contributed by atoms with van der Waals surface area (Å²) in [6.07, 6.45) is 0.615. The average molecular weight is 810 g/mol. The minimum Gasteiger partial charge on any atom is -0.457 e. The first-order valence-electron chi connectivity index (χ1n) is 18.5. The number of aromatic nitrogens is 2. The summed E-state index contributed by atoms with van der Waals surface area (Å²) in [6, 6.07) is 28.4. The smallest absolute Gasteiger partial charge is 0.316 e. The van der Waals surface area contributed by atoms with E-state index in [0.29, 0.717) is 33.9 Å². The lowest BCUT2D eigenvalue weighted by atomic mass is 9.86. The zero-order valence-corrected chi connectivity index (χ0v) is 35.9. The summed E-state index contributed by atoms with van der Waals surface area (Å²) in [4.78, 5) is 25.3. The van der Waals surface area contributed by atoms with Crippen molar-refractivity contribution in [3.8, 4) is 23.6 Å². The fourth-order valence-corrected chi connectivity index (χ4v) is 6.50. The number of benzene rings is 3. The number of nitriles is 2. The topological polar surface area (TPSA) is 127 Å². The molecule has 3 unspecified atom stereocenters. The van der Waals surface area contributed by atoms with Crippen LogP contribution in [0.25, 0.3) is 11.3 Å². The van der Waals surface area contributed by atoms with E-state index in [1.54, 1.807) is 62.8 Å². The van der Waals surface area contributed by atoms with Crippen LogP contribution < -0.4 is 4.74 Å². The first-order valence-corrected chi connectivity index (χ1v) is 19.3. The van der Waals surface area contributed by atoms with Gasteiger partial charge in [0, 0.05) is 18.2 Å². The monoisotopic (exact) mass is 808 g/mol. The molecule has 0 saturated heterocycles. The molecule has 5 rings (SSSR count). The molecule has 298 valence electrons. The van der Waals surface area contributed by atoms with Gasteiger partial charge >= 0.3 is 11.9 Å². The minimum absolute atomic E-state index is 0.00627. The van der Waals surface area contributed by atoms with Crippen molar-refractivity contribution in [2.45, 2.75) is 80.8 Å². The Morgan fingerprint density at radius 3 is 2.04 bits per heavy atom. The van der Waals surface area contributed by atoms with Crippen molar-refractivity contribution in [1.82, 2.24) is 9.78 Å². The summed E-state index contributed by atoms with van der Waals surface area (Å²) in [5, 5.41) is 24.0. The minimum atomic E-state index is -1.03. The molecule has 4 aromatic rings. The van der Waals surface area contributed by atoms with Crippen LogP contribution in [0.1, 0.15) is 95.1 Å². The predicted molar refractivity (Wildman–Crippen MR) is 224 cm³/mol. The number of nitrogens with zero attached hydrogens (tertiary/aromatic N) is 4. The third-order valence-corrected chi connectivity index (χ3v) is 10.1. The predicted octanol–water partition coefficient (Wildman–Crippen LogP) is 11.5. The molecule has 0 radical (unpaired) electrons. The molecule has 3 aromatic carbocycles. The number of para-hydroxylation sites is 1. The summed E-state index contributed by atoms with van der Waals surface area (Å²) in [7, 11) is 1.79. The number of hydrogen-bond acceptors (Lipinski definition) is 8. The van der Waals surface area contributed by atoms with Crippen molar-refractivity contribution >= 4 is 46.5 Å². The number of halogens is 2. The largest absolute Gasteiger partial charge is 0.457 e. The van der Waals surface area contributed by atoms with Crippen LogP contribution in [0.3, 0.4) is 0 Å². The van der Waals surface area contributed by atoms with Crippen molar-refractivity contribution < 1.29 is 23.8 Å². The second kappa shape index (κ2) is 17.8. The van der Waals surface area contributed by atoms with Gasteiger partial charge in [0.2, 0.25) is 6.10 Å². The van der Waals surface area contributed by atoms with Gasteiger partial charge in [-0.1, -0.05) is 112 Å². The first-order chi connectivity index (χ1) is 26.6. The fraction of sp³-hybridized carbons (Fsp3) is 0.370. The first kappa shape index (κ1) is 44.4. The number of ether oxygens (including phenoxy) is 3. The van der Waals surface area contributed by atoms with Gasteiger partial charge in [-0.25, -0.2) is 0 Å². The quantitative estimate of drug-likeness (QED) is 0.0929. The van der Waals surface area contributed by atoms with Crippen LogP contribution in [-0.2, 0) is 31.5 Å². The standard InChI is InChI=1S/C24H31N3O2.C22H19Cl2NO3/c1-15-16(2)26-27(9)20(15)21(29-22(28)24(6,7)8)19(14-25)17-10-12-18(13-11-17)23(3,4)5;1-22(2)17(12-19(23)24)20(22)21(26)28-18(13-25)14-7-6-10-16(11-14)27-15-8-4-3-5-9-15/h10-13H,1-9H3;3-12,17-18,20H,1-2H3/b21-19-;. The van der Waals surface area contributed by atoms with E-state index in [1.807, 2.05) is 88.4 Å². The van der Waals surface area contributed by atoms with Gasteiger partial charge in [0.25, 0.3) is 0 Å². The number of carbonyl (C=O) groups excluding carboxylic acids is 2. The lowest BCUT2D eigenvalue weighted by molar-refractivity contribution is -0.149. The van der Waals surface area contributed by atoms with E-state index in [1.165, 1.54) is 5.56 Å². The van der Waals surface area contributed by atoms with Crippen LogP contribution in [0.4, 0.5) is 0 Å². The SMILES string of the molecule is CC1(C)C(C=C(Cl)Cl)C1C(=O)OC(C#N)c1cccc(Oc2ccccc2)c1.Cc1nn(C)c(/C(OC(=O)C(C)(C)C)=C(\C#N)c2ccc(C(C)(C)C)cc2)c1C. The van der Waals surface area contributed by atoms with Crippen LogP contribution in [0.2, 0.25) is 0 Å². The van der Waals surface area contributed by atoms with E-state index in [-0.39, 0.29) is 32.9 Å². The highest BCUT2D eigenvalue weighted by molar-refractivity contribution is 6.55. The van der Waals surface area contributed by atoms with E-state index in [9.17, 15) is 20.1 Å².